The molecule has 17 heavy (non-hydrogen) atoms. The molecule has 0 heterocycles. The minimum atomic E-state index is 0. The minimum absolute atomic E-state index is 0. The summed E-state index contributed by atoms with van der Waals surface area (Å²) in [5, 5.41) is 0. The molecule has 0 aliphatic heterocycles. The third kappa shape index (κ3) is 4.68. The first-order chi connectivity index (χ1) is 7.86. The molecule has 0 bridgehead atoms. The second-order valence-electron chi connectivity index (χ2n) is 5.04. The van der Waals surface area contributed by atoms with Crippen molar-refractivity contribution in [3.05, 3.63) is 48.6 Å². The van der Waals surface area contributed by atoms with Crippen LogP contribution >= 0.6 is 0 Å². The van der Waals surface area contributed by atoms with Gasteiger partial charge in [0, 0.05) is 16.5 Å². The first-order valence-corrected chi connectivity index (χ1v) is 6.56. The Morgan fingerprint density at radius 2 is 1.47 bits per heavy atom. The van der Waals surface area contributed by atoms with Crippen LogP contribution in [-0.2, 0) is 16.5 Å². The molecule has 0 amide bonds. The summed E-state index contributed by atoms with van der Waals surface area (Å²) in [5.41, 5.74) is 0. The Morgan fingerprint density at radius 1 is 0.882 bits per heavy atom. The van der Waals surface area contributed by atoms with Crippen LogP contribution in [0.2, 0.25) is 0 Å². The summed E-state index contributed by atoms with van der Waals surface area (Å²) in [6.07, 6.45) is 23.4. The summed E-state index contributed by atoms with van der Waals surface area (Å²) >= 11 is 0. The van der Waals surface area contributed by atoms with Crippen LogP contribution in [0.5, 0.6) is 0 Å². The average molecular weight is 273 g/mol. The monoisotopic (exact) mass is 272 g/mol. The summed E-state index contributed by atoms with van der Waals surface area (Å²) in [5.74, 6) is 2.23. The van der Waals surface area contributed by atoms with Gasteiger partial charge in [0.2, 0.25) is 0 Å². The predicted molar refractivity (Wildman–Crippen MR) is 71.2 cm³/mol. The van der Waals surface area contributed by atoms with Gasteiger partial charge in [-0.05, 0) is 30.6 Å². The van der Waals surface area contributed by atoms with E-state index in [1.165, 1.54) is 25.7 Å². The molecule has 0 saturated heterocycles. The number of unbranched alkanes of at least 4 members (excludes halogenated alkanes) is 1. The van der Waals surface area contributed by atoms with Gasteiger partial charge in [0.1, 0.15) is 0 Å². The number of allylic oxidation sites excluding steroid dienone is 8. The molecule has 0 aromatic heterocycles. The summed E-state index contributed by atoms with van der Waals surface area (Å²) in [4.78, 5) is 0. The fraction of sp³-hybridized carbons (Fsp3) is 0.500. The molecule has 1 heteroatoms. The average Bonchev–Trinajstić information content (AvgIpc) is 2.96. The Labute approximate surface area is 115 Å². The SMILES string of the molecule is CC(CCCCC1C=CC=C1)C1C=CC=C1.[Ni]. The van der Waals surface area contributed by atoms with E-state index in [0.29, 0.717) is 5.92 Å². The van der Waals surface area contributed by atoms with Crippen molar-refractivity contribution in [2.75, 3.05) is 0 Å². The van der Waals surface area contributed by atoms with Gasteiger partial charge in [-0.3, -0.25) is 0 Å². The molecule has 2 aliphatic carbocycles. The fourth-order valence-electron chi connectivity index (χ4n) is 2.54. The molecule has 2 rings (SSSR count). The summed E-state index contributed by atoms with van der Waals surface area (Å²) in [7, 11) is 0. The minimum Gasteiger partial charge on any atom is -0.0776 e. The van der Waals surface area contributed by atoms with E-state index < -0.39 is 0 Å². The van der Waals surface area contributed by atoms with Gasteiger partial charge >= 0.3 is 0 Å². The van der Waals surface area contributed by atoms with Gasteiger partial charge in [0.15, 0.2) is 0 Å². The number of rotatable bonds is 6. The standard InChI is InChI=1S/C16H22.Ni/c1-14(16-12-6-7-13-16)8-2-3-9-15-10-4-5-11-15;/h4-7,10-16H,2-3,8-9H2,1H3;. The van der Waals surface area contributed by atoms with Crippen LogP contribution in [0, 0.1) is 17.8 Å². The van der Waals surface area contributed by atoms with Crippen molar-refractivity contribution < 1.29 is 16.5 Å². The van der Waals surface area contributed by atoms with Crippen LogP contribution in [0.4, 0.5) is 0 Å². The van der Waals surface area contributed by atoms with E-state index >= 15 is 0 Å². The van der Waals surface area contributed by atoms with Crippen LogP contribution < -0.4 is 0 Å². The molecule has 1 atom stereocenters. The van der Waals surface area contributed by atoms with Gasteiger partial charge in [0.05, 0.1) is 0 Å². The third-order valence-electron chi connectivity index (χ3n) is 3.71. The van der Waals surface area contributed by atoms with Gasteiger partial charge in [-0.25, -0.2) is 0 Å². The zero-order valence-corrected chi connectivity index (χ0v) is 11.5. The van der Waals surface area contributed by atoms with E-state index in [-0.39, 0.29) is 16.5 Å². The van der Waals surface area contributed by atoms with Crippen molar-refractivity contribution in [3.63, 3.8) is 0 Å². The van der Waals surface area contributed by atoms with Crippen LogP contribution in [0.1, 0.15) is 32.6 Å². The Kier molecular flexibility index (Phi) is 6.59. The fourth-order valence-corrected chi connectivity index (χ4v) is 2.54. The van der Waals surface area contributed by atoms with Crippen LogP contribution in [-0.4, -0.2) is 0 Å². The zero-order chi connectivity index (χ0) is 11.2. The topological polar surface area (TPSA) is 0 Å². The van der Waals surface area contributed by atoms with Crippen LogP contribution in [0.3, 0.4) is 0 Å². The molecule has 0 N–H and O–H groups in total. The molecule has 1 unspecified atom stereocenters. The summed E-state index contributed by atoms with van der Waals surface area (Å²) in [6.45, 7) is 2.38. The molecule has 96 valence electrons. The molecular weight excluding hydrogens is 251 g/mol. The Hall–Kier alpha value is -0.546. The Morgan fingerprint density at radius 3 is 2.12 bits per heavy atom. The normalized spacial score (nSPS) is 20.1. The van der Waals surface area contributed by atoms with Gasteiger partial charge < -0.3 is 0 Å². The van der Waals surface area contributed by atoms with Crippen molar-refractivity contribution in [2.45, 2.75) is 32.6 Å². The van der Waals surface area contributed by atoms with E-state index in [9.17, 15) is 0 Å². The van der Waals surface area contributed by atoms with E-state index in [2.05, 4.69) is 55.5 Å². The molecule has 0 radical (unpaired) electrons. The molecule has 0 saturated carbocycles. The largest absolute Gasteiger partial charge is 0.0776 e. The molecule has 0 spiro atoms. The number of hydrogen-bond donors (Lipinski definition) is 0. The predicted octanol–water partition coefficient (Wildman–Crippen LogP) is 4.66. The Balaban J connectivity index is 0.00000144. The number of hydrogen-bond acceptors (Lipinski definition) is 0. The second kappa shape index (κ2) is 7.72. The summed E-state index contributed by atoms with van der Waals surface area (Å²) < 4.78 is 0. The van der Waals surface area contributed by atoms with Gasteiger partial charge in [-0.15, -0.1) is 0 Å². The molecule has 0 nitrogen and oxygen atoms in total. The van der Waals surface area contributed by atoms with Gasteiger partial charge in [0.25, 0.3) is 0 Å². The first-order valence-electron chi connectivity index (χ1n) is 6.56. The summed E-state index contributed by atoms with van der Waals surface area (Å²) in [6, 6.07) is 0. The van der Waals surface area contributed by atoms with Crippen molar-refractivity contribution >= 4 is 0 Å². The molecule has 2 aliphatic rings. The van der Waals surface area contributed by atoms with Crippen LogP contribution in [0.15, 0.2) is 48.6 Å². The first kappa shape index (κ1) is 14.5. The van der Waals surface area contributed by atoms with Crippen molar-refractivity contribution in [1.82, 2.24) is 0 Å². The second-order valence-corrected chi connectivity index (χ2v) is 5.04. The maximum atomic E-state index is 2.38. The van der Waals surface area contributed by atoms with E-state index in [4.69, 9.17) is 0 Å². The van der Waals surface area contributed by atoms with Gasteiger partial charge in [-0.2, -0.15) is 0 Å². The Bertz CT molecular complexity index is 298. The molecule has 0 fully saturated rings. The van der Waals surface area contributed by atoms with Crippen molar-refractivity contribution in [3.8, 4) is 0 Å². The maximum Gasteiger partial charge on any atom is 0 e. The zero-order valence-electron chi connectivity index (χ0n) is 10.5. The van der Waals surface area contributed by atoms with Crippen LogP contribution in [0.25, 0.3) is 0 Å². The molecule has 0 aromatic carbocycles. The third-order valence-corrected chi connectivity index (χ3v) is 3.71. The van der Waals surface area contributed by atoms with Crippen molar-refractivity contribution in [2.24, 2.45) is 17.8 Å². The van der Waals surface area contributed by atoms with E-state index in [1.54, 1.807) is 0 Å². The van der Waals surface area contributed by atoms with Gasteiger partial charge in [-0.1, -0.05) is 68.4 Å². The van der Waals surface area contributed by atoms with Crippen molar-refractivity contribution in [1.29, 1.82) is 0 Å². The molecule has 0 aromatic rings. The maximum absolute atomic E-state index is 2.38. The van der Waals surface area contributed by atoms with E-state index in [1.807, 2.05) is 0 Å². The smallest absolute Gasteiger partial charge is 0 e. The van der Waals surface area contributed by atoms with E-state index in [0.717, 1.165) is 11.8 Å². The quantitative estimate of drug-likeness (QED) is 0.487. The molecular formula is C16H22Ni.